The number of likely N-dealkylation sites (tertiary alicyclic amines) is 1. The number of carbonyl (C=O) groups is 6. The van der Waals surface area contributed by atoms with E-state index in [-0.39, 0.29) is 29.5 Å². The van der Waals surface area contributed by atoms with Gasteiger partial charge in [-0.1, -0.05) is 54.4 Å². The van der Waals surface area contributed by atoms with E-state index in [1.165, 1.54) is 18.6 Å². The molecule has 0 bridgehead atoms. The number of fused-ring (bicyclic) bond motifs is 1. The highest BCUT2D eigenvalue weighted by Gasteiger charge is 2.52. The Morgan fingerprint density at radius 3 is 2.28 bits per heavy atom. The quantitative estimate of drug-likeness (QED) is 0.235. The first kappa shape index (κ1) is 35.0. The predicted octanol–water partition coefficient (Wildman–Crippen LogP) is 1.52. The van der Waals surface area contributed by atoms with Gasteiger partial charge in [0.25, 0.3) is 11.8 Å². The summed E-state index contributed by atoms with van der Waals surface area (Å²) < 4.78 is 0. The maximum absolute atomic E-state index is 14.4. The minimum atomic E-state index is -1.01. The number of rotatable bonds is 13. The van der Waals surface area contributed by atoms with Gasteiger partial charge in [-0.15, -0.1) is 0 Å². The highest BCUT2D eigenvalue weighted by Crippen LogP contribution is 2.43. The fourth-order valence-corrected chi connectivity index (χ4v) is 6.54. The summed E-state index contributed by atoms with van der Waals surface area (Å²) >= 11 is 0. The number of hydrogen-bond donors (Lipinski definition) is 4. The number of aromatic nitrogens is 2. The number of amides is 5. The van der Waals surface area contributed by atoms with Crippen LogP contribution < -0.4 is 21.3 Å². The van der Waals surface area contributed by atoms with Crippen molar-refractivity contribution in [1.82, 2.24) is 36.1 Å². The zero-order valence-electron chi connectivity index (χ0n) is 27.8. The lowest BCUT2D eigenvalue weighted by Gasteiger charge is -2.37. The molecule has 2 saturated carbocycles. The van der Waals surface area contributed by atoms with Crippen LogP contribution in [0.25, 0.3) is 0 Å². The summed E-state index contributed by atoms with van der Waals surface area (Å²) in [4.78, 5) is 90.0. The molecular weight excluding hydrogens is 590 g/mol. The zero-order chi connectivity index (χ0) is 33.8. The molecule has 2 aliphatic carbocycles. The van der Waals surface area contributed by atoms with Gasteiger partial charge in [0.15, 0.2) is 0 Å². The van der Waals surface area contributed by atoms with Crippen LogP contribution in [0.4, 0.5) is 0 Å². The van der Waals surface area contributed by atoms with Gasteiger partial charge in [0, 0.05) is 25.0 Å². The van der Waals surface area contributed by atoms with Gasteiger partial charge in [-0.25, -0.2) is 4.98 Å². The third kappa shape index (κ3) is 8.27. The minimum absolute atomic E-state index is 0.0109. The maximum atomic E-state index is 14.4. The first-order chi connectivity index (χ1) is 21.7. The zero-order valence-corrected chi connectivity index (χ0v) is 27.8. The lowest BCUT2D eigenvalue weighted by Crippen LogP contribution is -2.62. The SMILES string of the molecule is CCCC(NC(=O)C1[C@H]2CCC[C@H]2CN1C(=O)[C@@H](NC(=O)[C@H](NC(=O)c1cnccn1)C(C)C)C(C)(C)C)C(=O)C(=O)NC1CC1. The molecule has 46 heavy (non-hydrogen) atoms. The lowest BCUT2D eigenvalue weighted by molar-refractivity contribution is -0.146. The molecule has 3 aliphatic rings. The smallest absolute Gasteiger partial charge is 0.289 e. The van der Waals surface area contributed by atoms with E-state index in [0.717, 1.165) is 32.1 Å². The van der Waals surface area contributed by atoms with E-state index in [0.29, 0.717) is 19.4 Å². The van der Waals surface area contributed by atoms with Crippen molar-refractivity contribution in [2.24, 2.45) is 23.2 Å². The topological polar surface area (TPSA) is 180 Å². The van der Waals surface area contributed by atoms with E-state index < -0.39 is 64.9 Å². The lowest BCUT2D eigenvalue weighted by atomic mass is 9.85. The normalized spacial score (nSPS) is 22.8. The summed E-state index contributed by atoms with van der Waals surface area (Å²) in [6, 6.07) is -3.79. The Bertz CT molecular complexity index is 1310. The van der Waals surface area contributed by atoms with Gasteiger partial charge in [0.2, 0.25) is 23.5 Å². The molecule has 1 aliphatic heterocycles. The number of nitrogens with one attached hydrogen (secondary N) is 4. The van der Waals surface area contributed by atoms with Crippen LogP contribution >= 0.6 is 0 Å². The molecule has 0 spiro atoms. The van der Waals surface area contributed by atoms with Crippen LogP contribution in [0.2, 0.25) is 0 Å². The Labute approximate surface area is 270 Å². The highest BCUT2D eigenvalue weighted by molar-refractivity contribution is 6.38. The number of ketones is 1. The molecule has 2 heterocycles. The van der Waals surface area contributed by atoms with Crippen molar-refractivity contribution in [2.45, 2.75) is 117 Å². The summed E-state index contributed by atoms with van der Waals surface area (Å²) in [5.74, 6) is -3.61. The standard InChI is InChI=1S/C33H49N7O6/c1-7-9-22(26(41)31(45)36-20-12-13-20)37-30(44)25-21-11-8-10-19(21)17-40(25)32(46)27(33(4,5)6)39-29(43)24(18(2)3)38-28(42)23-16-34-14-15-35-23/h14-16,18-22,24-25,27H,7-13,17H2,1-6H3,(H,36,45)(H,37,44)(H,38,42)(H,39,43)/t19-,21-,22?,24+,25?,27+/m0/s1. The van der Waals surface area contributed by atoms with Gasteiger partial charge < -0.3 is 26.2 Å². The number of Topliss-reactive ketones (excluding diaryl/α,β-unsaturated/α-hetero) is 1. The van der Waals surface area contributed by atoms with Crippen molar-refractivity contribution >= 4 is 35.3 Å². The second-order valence-corrected chi connectivity index (χ2v) is 14.3. The monoisotopic (exact) mass is 639 g/mol. The van der Waals surface area contributed by atoms with E-state index in [9.17, 15) is 28.8 Å². The van der Waals surface area contributed by atoms with Crippen molar-refractivity contribution in [2.75, 3.05) is 6.54 Å². The van der Waals surface area contributed by atoms with Gasteiger partial charge >= 0.3 is 0 Å². The molecule has 4 rings (SSSR count). The molecule has 252 valence electrons. The number of carbonyl (C=O) groups excluding carboxylic acids is 6. The molecule has 13 heteroatoms. The van der Waals surface area contributed by atoms with E-state index >= 15 is 0 Å². The Morgan fingerprint density at radius 1 is 0.978 bits per heavy atom. The fourth-order valence-electron chi connectivity index (χ4n) is 6.54. The average Bonchev–Trinajstić information content (AvgIpc) is 3.57. The van der Waals surface area contributed by atoms with Crippen molar-refractivity contribution in [3.05, 3.63) is 24.3 Å². The molecular formula is C33H49N7O6. The van der Waals surface area contributed by atoms with Crippen LogP contribution in [0.3, 0.4) is 0 Å². The minimum Gasteiger partial charge on any atom is -0.347 e. The van der Waals surface area contributed by atoms with Crippen LogP contribution in [0, 0.1) is 23.2 Å². The van der Waals surface area contributed by atoms with E-state index in [1.54, 1.807) is 18.7 Å². The summed E-state index contributed by atoms with van der Waals surface area (Å²) in [6.07, 6.45) is 9.25. The molecule has 13 nitrogen and oxygen atoms in total. The first-order valence-electron chi connectivity index (χ1n) is 16.6. The summed E-state index contributed by atoms with van der Waals surface area (Å²) in [6.45, 7) is 11.3. The van der Waals surface area contributed by atoms with Crippen molar-refractivity contribution in [1.29, 1.82) is 0 Å². The summed E-state index contributed by atoms with van der Waals surface area (Å²) in [5, 5.41) is 11.2. The van der Waals surface area contributed by atoms with Gasteiger partial charge in [-0.2, -0.15) is 0 Å². The number of hydrogen-bond acceptors (Lipinski definition) is 8. The molecule has 3 fully saturated rings. The van der Waals surface area contributed by atoms with Crippen LogP contribution in [0.5, 0.6) is 0 Å². The summed E-state index contributed by atoms with van der Waals surface area (Å²) in [7, 11) is 0. The van der Waals surface area contributed by atoms with Crippen LogP contribution in [0.15, 0.2) is 18.6 Å². The van der Waals surface area contributed by atoms with Crippen LogP contribution in [0.1, 0.15) is 97.0 Å². The van der Waals surface area contributed by atoms with Crippen LogP contribution in [-0.2, 0) is 24.0 Å². The number of nitrogens with zero attached hydrogens (tertiary/aromatic N) is 3. The Kier molecular flexibility index (Phi) is 11.2. The molecule has 1 saturated heterocycles. The molecule has 0 aromatic carbocycles. The molecule has 0 radical (unpaired) electrons. The van der Waals surface area contributed by atoms with Gasteiger partial charge in [-0.05, 0) is 55.3 Å². The molecule has 1 aromatic heterocycles. The van der Waals surface area contributed by atoms with Gasteiger partial charge in [0.1, 0.15) is 23.8 Å². The Morgan fingerprint density at radius 2 is 1.70 bits per heavy atom. The maximum Gasteiger partial charge on any atom is 0.289 e. The van der Waals surface area contributed by atoms with E-state index in [4.69, 9.17) is 0 Å². The first-order valence-corrected chi connectivity index (χ1v) is 16.6. The van der Waals surface area contributed by atoms with Gasteiger partial charge in [-0.3, -0.25) is 33.8 Å². The van der Waals surface area contributed by atoms with Gasteiger partial charge in [0.05, 0.1) is 12.2 Å². The molecule has 4 N–H and O–H groups in total. The van der Waals surface area contributed by atoms with Crippen molar-refractivity contribution < 1.29 is 28.8 Å². The van der Waals surface area contributed by atoms with Crippen molar-refractivity contribution in [3.63, 3.8) is 0 Å². The predicted molar refractivity (Wildman–Crippen MR) is 169 cm³/mol. The van der Waals surface area contributed by atoms with Crippen LogP contribution in [-0.4, -0.2) is 86.9 Å². The Balaban J connectivity index is 1.53. The molecule has 1 aromatic rings. The molecule has 5 amide bonds. The second kappa shape index (κ2) is 14.7. The summed E-state index contributed by atoms with van der Waals surface area (Å²) in [5.41, 5.74) is -0.685. The largest absolute Gasteiger partial charge is 0.347 e. The molecule has 6 atom stereocenters. The third-order valence-corrected chi connectivity index (χ3v) is 9.22. The van der Waals surface area contributed by atoms with E-state index in [2.05, 4.69) is 31.2 Å². The second-order valence-electron chi connectivity index (χ2n) is 14.3. The third-order valence-electron chi connectivity index (χ3n) is 9.22. The average molecular weight is 640 g/mol. The highest BCUT2D eigenvalue weighted by atomic mass is 16.2. The van der Waals surface area contributed by atoms with Crippen molar-refractivity contribution in [3.8, 4) is 0 Å². The molecule has 2 unspecified atom stereocenters. The Hall–Kier alpha value is -3.90. The fraction of sp³-hybridized carbons (Fsp3) is 0.697. The van der Waals surface area contributed by atoms with E-state index in [1.807, 2.05) is 27.7 Å².